The molecule has 1 unspecified atom stereocenters. The Balaban J connectivity index is 1.85. The quantitative estimate of drug-likeness (QED) is 0.889. The average Bonchev–Trinajstić information content (AvgIpc) is 2.94. The van der Waals surface area contributed by atoms with Gasteiger partial charge in [0.2, 0.25) is 0 Å². The molecule has 0 saturated heterocycles. The van der Waals surface area contributed by atoms with Crippen molar-refractivity contribution < 1.29 is 4.39 Å². The number of fused-ring (bicyclic) bond motifs is 1. The van der Waals surface area contributed by atoms with E-state index < -0.39 is 0 Å². The summed E-state index contributed by atoms with van der Waals surface area (Å²) in [4.78, 5) is 0. The smallest absolute Gasteiger partial charge is 0.126 e. The van der Waals surface area contributed by atoms with Crippen LogP contribution in [0.4, 0.5) is 4.39 Å². The Bertz CT molecular complexity index is 606. The maximum Gasteiger partial charge on any atom is 0.126 e. The number of hydrogen-bond acceptors (Lipinski definition) is 1. The van der Waals surface area contributed by atoms with Gasteiger partial charge in [-0.15, -0.1) is 0 Å². The molecule has 104 valence electrons. The Hall–Kier alpha value is -1.67. The second kappa shape index (κ2) is 5.76. The highest BCUT2D eigenvalue weighted by molar-refractivity contribution is 5.37. The molecule has 1 aliphatic carbocycles. The van der Waals surface area contributed by atoms with Crippen molar-refractivity contribution in [2.45, 2.75) is 31.7 Å². The zero-order chi connectivity index (χ0) is 13.9. The van der Waals surface area contributed by atoms with Crippen LogP contribution in [-0.2, 0) is 19.3 Å². The van der Waals surface area contributed by atoms with Crippen molar-refractivity contribution in [2.24, 2.45) is 0 Å². The van der Waals surface area contributed by atoms with Crippen LogP contribution < -0.4 is 5.32 Å². The largest absolute Gasteiger partial charge is 0.313 e. The lowest BCUT2D eigenvalue weighted by molar-refractivity contribution is 0.554. The normalized spacial score (nSPS) is 15.1. The Labute approximate surface area is 119 Å². The van der Waals surface area contributed by atoms with Crippen LogP contribution in [0, 0.1) is 5.82 Å². The fraction of sp³-hybridized carbons (Fsp3) is 0.333. The topological polar surface area (TPSA) is 12.0 Å². The third-order valence-electron chi connectivity index (χ3n) is 4.26. The van der Waals surface area contributed by atoms with E-state index in [1.54, 1.807) is 6.07 Å². The van der Waals surface area contributed by atoms with Crippen LogP contribution in [-0.4, -0.2) is 7.05 Å². The predicted octanol–water partition coefficient (Wildman–Crippen LogP) is 3.82. The molecule has 0 fully saturated rings. The number of rotatable bonds is 4. The van der Waals surface area contributed by atoms with Gasteiger partial charge in [0.05, 0.1) is 0 Å². The van der Waals surface area contributed by atoms with Crippen molar-refractivity contribution in [3.63, 3.8) is 0 Å². The van der Waals surface area contributed by atoms with Crippen molar-refractivity contribution in [3.8, 4) is 0 Å². The molecular formula is C18H20FN. The maximum atomic E-state index is 13.8. The molecule has 20 heavy (non-hydrogen) atoms. The number of halogens is 1. The van der Waals surface area contributed by atoms with Gasteiger partial charge in [0, 0.05) is 6.04 Å². The van der Waals surface area contributed by atoms with E-state index in [0.29, 0.717) is 6.42 Å². The molecular weight excluding hydrogens is 249 g/mol. The summed E-state index contributed by atoms with van der Waals surface area (Å²) in [5.74, 6) is -0.117. The molecule has 3 rings (SSSR count). The molecule has 0 saturated carbocycles. The summed E-state index contributed by atoms with van der Waals surface area (Å²) in [6.07, 6.45) is 4.32. The minimum Gasteiger partial charge on any atom is -0.313 e. The standard InChI is InChI=1S/C18H20FN/c1-20-18(12-15-5-2-3-8-17(15)19)16-10-9-13-6-4-7-14(13)11-16/h2-3,5,8-11,18,20H,4,6-7,12H2,1H3. The molecule has 0 aliphatic heterocycles. The molecule has 0 radical (unpaired) electrons. The summed E-state index contributed by atoms with van der Waals surface area (Å²) in [6, 6.07) is 13.9. The van der Waals surface area contributed by atoms with Gasteiger partial charge >= 0.3 is 0 Å². The molecule has 1 nitrogen and oxygen atoms in total. The highest BCUT2D eigenvalue weighted by atomic mass is 19.1. The van der Waals surface area contributed by atoms with Crippen molar-refractivity contribution in [2.75, 3.05) is 7.05 Å². The summed E-state index contributed by atoms with van der Waals surface area (Å²) in [7, 11) is 1.94. The zero-order valence-corrected chi connectivity index (χ0v) is 11.8. The highest BCUT2D eigenvalue weighted by Gasteiger charge is 2.16. The second-order valence-corrected chi connectivity index (χ2v) is 5.52. The van der Waals surface area contributed by atoms with Crippen LogP contribution >= 0.6 is 0 Å². The van der Waals surface area contributed by atoms with Crippen molar-refractivity contribution in [3.05, 3.63) is 70.5 Å². The molecule has 2 heteroatoms. The van der Waals surface area contributed by atoms with Gasteiger partial charge in [0.25, 0.3) is 0 Å². The highest BCUT2D eigenvalue weighted by Crippen LogP contribution is 2.27. The SMILES string of the molecule is CNC(Cc1ccccc1F)c1ccc2c(c1)CCC2. The Kier molecular flexibility index (Phi) is 3.83. The number of nitrogens with one attached hydrogen (secondary N) is 1. The third kappa shape index (κ3) is 2.61. The first-order valence-electron chi connectivity index (χ1n) is 7.30. The van der Waals surface area contributed by atoms with Gasteiger partial charge < -0.3 is 5.32 Å². The van der Waals surface area contributed by atoms with Gasteiger partial charge in [-0.1, -0.05) is 36.4 Å². The van der Waals surface area contributed by atoms with Gasteiger partial charge in [0.1, 0.15) is 5.82 Å². The molecule has 0 heterocycles. The molecule has 0 aromatic heterocycles. The van der Waals surface area contributed by atoms with Crippen LogP contribution in [0.25, 0.3) is 0 Å². The number of likely N-dealkylation sites (N-methyl/N-ethyl adjacent to an activating group) is 1. The summed E-state index contributed by atoms with van der Waals surface area (Å²) < 4.78 is 13.8. The molecule has 1 atom stereocenters. The lowest BCUT2D eigenvalue weighted by Gasteiger charge is -2.18. The molecule has 0 bridgehead atoms. The van der Waals surface area contributed by atoms with E-state index in [0.717, 1.165) is 5.56 Å². The van der Waals surface area contributed by atoms with E-state index in [-0.39, 0.29) is 11.9 Å². The summed E-state index contributed by atoms with van der Waals surface area (Å²) >= 11 is 0. The van der Waals surface area contributed by atoms with E-state index >= 15 is 0 Å². The Morgan fingerprint density at radius 3 is 2.70 bits per heavy atom. The Morgan fingerprint density at radius 1 is 1.10 bits per heavy atom. The van der Waals surface area contributed by atoms with E-state index in [1.807, 2.05) is 19.2 Å². The minimum absolute atomic E-state index is 0.117. The molecule has 1 N–H and O–H groups in total. The number of hydrogen-bond donors (Lipinski definition) is 1. The minimum atomic E-state index is -0.117. The first-order valence-corrected chi connectivity index (χ1v) is 7.30. The van der Waals surface area contributed by atoms with Gasteiger partial charge in [-0.25, -0.2) is 4.39 Å². The van der Waals surface area contributed by atoms with Crippen LogP contribution in [0.2, 0.25) is 0 Å². The zero-order valence-electron chi connectivity index (χ0n) is 11.8. The van der Waals surface area contributed by atoms with Crippen molar-refractivity contribution in [1.82, 2.24) is 5.32 Å². The number of benzene rings is 2. The lowest BCUT2D eigenvalue weighted by atomic mass is 9.96. The number of aryl methyl sites for hydroxylation is 2. The Morgan fingerprint density at radius 2 is 1.90 bits per heavy atom. The summed E-state index contributed by atoms with van der Waals surface area (Å²) in [5, 5.41) is 3.32. The van der Waals surface area contributed by atoms with Crippen LogP contribution in [0.5, 0.6) is 0 Å². The van der Waals surface area contributed by atoms with E-state index in [9.17, 15) is 4.39 Å². The van der Waals surface area contributed by atoms with Gasteiger partial charge in [-0.2, -0.15) is 0 Å². The summed E-state index contributed by atoms with van der Waals surface area (Å²) in [6.45, 7) is 0. The monoisotopic (exact) mass is 269 g/mol. The van der Waals surface area contributed by atoms with Gasteiger partial charge in [0.15, 0.2) is 0 Å². The van der Waals surface area contributed by atoms with E-state index in [1.165, 1.54) is 42.0 Å². The average molecular weight is 269 g/mol. The fourth-order valence-electron chi connectivity index (χ4n) is 3.08. The molecule has 0 spiro atoms. The maximum absolute atomic E-state index is 13.8. The molecule has 2 aromatic carbocycles. The van der Waals surface area contributed by atoms with Crippen molar-refractivity contribution in [1.29, 1.82) is 0 Å². The van der Waals surface area contributed by atoms with Crippen LogP contribution in [0.15, 0.2) is 42.5 Å². The van der Waals surface area contributed by atoms with Gasteiger partial charge in [-0.05, 0) is 61.1 Å². The second-order valence-electron chi connectivity index (χ2n) is 5.52. The summed E-state index contributed by atoms with van der Waals surface area (Å²) in [5.41, 5.74) is 4.98. The lowest BCUT2D eigenvalue weighted by Crippen LogP contribution is -2.19. The van der Waals surface area contributed by atoms with Crippen LogP contribution in [0.3, 0.4) is 0 Å². The first-order chi connectivity index (χ1) is 9.78. The predicted molar refractivity (Wildman–Crippen MR) is 80.4 cm³/mol. The first kappa shape index (κ1) is 13.3. The fourth-order valence-corrected chi connectivity index (χ4v) is 3.08. The third-order valence-corrected chi connectivity index (χ3v) is 4.26. The molecule has 2 aromatic rings. The van der Waals surface area contributed by atoms with Crippen molar-refractivity contribution >= 4 is 0 Å². The van der Waals surface area contributed by atoms with Crippen LogP contribution in [0.1, 0.15) is 34.7 Å². The molecule has 0 amide bonds. The van der Waals surface area contributed by atoms with E-state index in [4.69, 9.17) is 0 Å². The van der Waals surface area contributed by atoms with E-state index in [2.05, 4.69) is 23.5 Å². The van der Waals surface area contributed by atoms with Gasteiger partial charge in [-0.3, -0.25) is 0 Å². The molecule has 1 aliphatic rings.